The molecule has 0 saturated carbocycles. The van der Waals surface area contributed by atoms with Crippen LogP contribution < -0.4 is 15.5 Å². The molecule has 1 atom stereocenters. The monoisotopic (exact) mass is 384 g/mol. The summed E-state index contributed by atoms with van der Waals surface area (Å²) in [5.74, 6) is 2.77. The molecule has 1 unspecified atom stereocenters. The van der Waals surface area contributed by atoms with E-state index in [1.54, 1.807) is 6.26 Å². The van der Waals surface area contributed by atoms with Gasteiger partial charge in [-0.15, -0.1) is 0 Å². The Morgan fingerprint density at radius 1 is 1.29 bits per heavy atom. The minimum absolute atomic E-state index is 0.225. The fourth-order valence-corrected chi connectivity index (χ4v) is 3.45. The van der Waals surface area contributed by atoms with Crippen molar-refractivity contribution in [3.8, 4) is 0 Å². The maximum absolute atomic E-state index is 5.71. The van der Waals surface area contributed by atoms with Crippen LogP contribution in [-0.4, -0.2) is 56.1 Å². The summed E-state index contributed by atoms with van der Waals surface area (Å²) < 4.78 is 5.71. The Kier molecular flexibility index (Phi) is 7.31. The van der Waals surface area contributed by atoms with E-state index in [1.807, 2.05) is 37.3 Å². The van der Waals surface area contributed by atoms with Crippen molar-refractivity contribution in [2.24, 2.45) is 4.99 Å². The summed E-state index contributed by atoms with van der Waals surface area (Å²) in [5.41, 5.74) is 1.14. The van der Waals surface area contributed by atoms with Gasteiger partial charge in [-0.1, -0.05) is 0 Å². The number of pyridine rings is 1. The van der Waals surface area contributed by atoms with Gasteiger partial charge in [-0.2, -0.15) is 0 Å². The predicted octanol–water partition coefficient (Wildman–Crippen LogP) is 2.63. The highest BCUT2D eigenvalue weighted by atomic mass is 16.3. The molecule has 7 heteroatoms. The molecule has 0 radical (unpaired) electrons. The molecule has 0 amide bonds. The van der Waals surface area contributed by atoms with Crippen LogP contribution in [0.15, 0.2) is 46.1 Å². The molecule has 0 bridgehead atoms. The third-order valence-corrected chi connectivity index (χ3v) is 4.95. The van der Waals surface area contributed by atoms with E-state index in [1.165, 1.54) is 12.8 Å². The Bertz CT molecular complexity index is 737. The van der Waals surface area contributed by atoms with Gasteiger partial charge >= 0.3 is 0 Å². The fourth-order valence-electron chi connectivity index (χ4n) is 3.45. The van der Waals surface area contributed by atoms with Gasteiger partial charge in [0.1, 0.15) is 11.6 Å². The minimum Gasteiger partial charge on any atom is -0.468 e. The molecule has 2 N–H and O–H groups in total. The first-order valence-electron chi connectivity index (χ1n) is 10.1. The zero-order valence-electron chi connectivity index (χ0n) is 17.2. The van der Waals surface area contributed by atoms with Crippen LogP contribution in [0.5, 0.6) is 0 Å². The maximum Gasteiger partial charge on any atom is 0.191 e. The van der Waals surface area contributed by atoms with Crippen molar-refractivity contribution < 1.29 is 4.42 Å². The molecule has 0 aliphatic carbocycles. The molecule has 3 heterocycles. The third kappa shape index (κ3) is 5.48. The minimum atomic E-state index is 0.225. The molecule has 2 aromatic rings. The standard InChI is InChI=1S/C21H32N6O/c1-4-22-21(24-15-17-9-10-23-20(14-17)26(2)3)25-16-18(19-8-7-13-28-19)27-11-5-6-12-27/h7-10,13-14,18H,4-6,11-12,15-16H2,1-3H3,(H2,22,24,25). The Morgan fingerprint density at radius 3 is 2.79 bits per heavy atom. The topological polar surface area (TPSA) is 68.9 Å². The van der Waals surface area contributed by atoms with Gasteiger partial charge in [0, 0.05) is 33.4 Å². The van der Waals surface area contributed by atoms with Crippen molar-refractivity contribution in [3.63, 3.8) is 0 Å². The summed E-state index contributed by atoms with van der Waals surface area (Å²) in [5, 5.41) is 6.85. The van der Waals surface area contributed by atoms with Crippen LogP contribution in [-0.2, 0) is 6.54 Å². The molecular formula is C21H32N6O. The van der Waals surface area contributed by atoms with Crippen molar-refractivity contribution in [1.82, 2.24) is 20.5 Å². The second kappa shape index (κ2) is 10.1. The van der Waals surface area contributed by atoms with E-state index in [-0.39, 0.29) is 6.04 Å². The number of anilines is 1. The Morgan fingerprint density at radius 2 is 2.11 bits per heavy atom. The number of aliphatic imine (C=N–C) groups is 1. The number of hydrogen-bond acceptors (Lipinski definition) is 5. The number of rotatable bonds is 8. The fraction of sp³-hybridized carbons (Fsp3) is 0.524. The summed E-state index contributed by atoms with van der Waals surface area (Å²) in [6.07, 6.45) is 6.09. The van der Waals surface area contributed by atoms with Crippen molar-refractivity contribution in [2.75, 3.05) is 45.2 Å². The van der Waals surface area contributed by atoms with Gasteiger partial charge in [0.05, 0.1) is 18.8 Å². The molecule has 2 aromatic heterocycles. The second-order valence-corrected chi connectivity index (χ2v) is 7.27. The van der Waals surface area contributed by atoms with E-state index >= 15 is 0 Å². The number of aromatic nitrogens is 1. The van der Waals surface area contributed by atoms with E-state index in [2.05, 4.69) is 39.6 Å². The second-order valence-electron chi connectivity index (χ2n) is 7.27. The van der Waals surface area contributed by atoms with E-state index in [9.17, 15) is 0 Å². The number of guanidine groups is 1. The van der Waals surface area contributed by atoms with Crippen molar-refractivity contribution in [1.29, 1.82) is 0 Å². The highest BCUT2D eigenvalue weighted by Crippen LogP contribution is 2.24. The molecule has 3 rings (SSSR count). The number of nitrogens with zero attached hydrogens (tertiary/aromatic N) is 4. The first kappa shape index (κ1) is 20.2. The van der Waals surface area contributed by atoms with Crippen molar-refractivity contribution in [2.45, 2.75) is 32.4 Å². The molecule has 1 aliphatic heterocycles. The van der Waals surface area contributed by atoms with Gasteiger partial charge in [-0.05, 0) is 62.7 Å². The third-order valence-electron chi connectivity index (χ3n) is 4.95. The van der Waals surface area contributed by atoms with Gasteiger partial charge in [-0.25, -0.2) is 9.98 Å². The predicted molar refractivity (Wildman–Crippen MR) is 114 cm³/mol. The van der Waals surface area contributed by atoms with Crippen LogP contribution in [0, 0.1) is 0 Å². The highest BCUT2D eigenvalue weighted by Gasteiger charge is 2.25. The summed E-state index contributed by atoms with van der Waals surface area (Å²) in [6.45, 7) is 6.50. The smallest absolute Gasteiger partial charge is 0.191 e. The van der Waals surface area contributed by atoms with Gasteiger partial charge in [0.2, 0.25) is 0 Å². The number of hydrogen-bond donors (Lipinski definition) is 2. The van der Waals surface area contributed by atoms with Crippen molar-refractivity contribution in [3.05, 3.63) is 48.0 Å². The number of nitrogens with one attached hydrogen (secondary N) is 2. The lowest BCUT2D eigenvalue weighted by Gasteiger charge is -2.26. The molecule has 0 aromatic carbocycles. The largest absolute Gasteiger partial charge is 0.468 e. The number of furan rings is 1. The average Bonchev–Trinajstić information content (AvgIpc) is 3.41. The lowest BCUT2D eigenvalue weighted by atomic mass is 10.2. The van der Waals surface area contributed by atoms with E-state index in [4.69, 9.17) is 9.41 Å². The summed E-state index contributed by atoms with van der Waals surface area (Å²) >= 11 is 0. The Labute approximate surface area is 167 Å². The highest BCUT2D eigenvalue weighted by molar-refractivity contribution is 5.79. The zero-order valence-corrected chi connectivity index (χ0v) is 17.2. The lowest BCUT2D eigenvalue weighted by Crippen LogP contribution is -2.42. The SMILES string of the molecule is CCNC(=NCc1ccnc(N(C)C)c1)NCC(c1ccco1)N1CCCC1. The van der Waals surface area contributed by atoms with E-state index in [0.717, 1.165) is 49.3 Å². The van der Waals surface area contributed by atoms with Gasteiger partial charge in [0.15, 0.2) is 5.96 Å². The lowest BCUT2D eigenvalue weighted by molar-refractivity contribution is 0.215. The molecule has 0 spiro atoms. The van der Waals surface area contributed by atoms with Gasteiger partial charge < -0.3 is 20.0 Å². The first-order valence-corrected chi connectivity index (χ1v) is 10.1. The van der Waals surface area contributed by atoms with E-state index in [0.29, 0.717) is 6.54 Å². The van der Waals surface area contributed by atoms with Crippen LogP contribution in [0.25, 0.3) is 0 Å². The average molecular weight is 385 g/mol. The zero-order chi connectivity index (χ0) is 19.8. The van der Waals surface area contributed by atoms with Gasteiger partial charge in [-0.3, -0.25) is 4.90 Å². The molecular weight excluding hydrogens is 352 g/mol. The summed E-state index contributed by atoms with van der Waals surface area (Å²) in [7, 11) is 3.99. The van der Waals surface area contributed by atoms with Crippen LogP contribution in [0.1, 0.15) is 37.1 Å². The van der Waals surface area contributed by atoms with Crippen LogP contribution in [0.3, 0.4) is 0 Å². The molecule has 7 nitrogen and oxygen atoms in total. The molecule has 1 fully saturated rings. The molecule has 28 heavy (non-hydrogen) atoms. The van der Waals surface area contributed by atoms with Crippen LogP contribution in [0.2, 0.25) is 0 Å². The first-order chi connectivity index (χ1) is 13.7. The van der Waals surface area contributed by atoms with E-state index < -0.39 is 0 Å². The Balaban J connectivity index is 1.65. The number of likely N-dealkylation sites (tertiary alicyclic amines) is 1. The normalized spacial score (nSPS) is 16.2. The molecule has 152 valence electrons. The molecule has 1 saturated heterocycles. The van der Waals surface area contributed by atoms with Gasteiger partial charge in [0.25, 0.3) is 0 Å². The van der Waals surface area contributed by atoms with Crippen LogP contribution in [0.4, 0.5) is 5.82 Å². The Hall–Kier alpha value is -2.54. The quantitative estimate of drug-likeness (QED) is 0.539. The van der Waals surface area contributed by atoms with Crippen LogP contribution >= 0.6 is 0 Å². The molecule has 1 aliphatic rings. The maximum atomic E-state index is 5.71. The summed E-state index contributed by atoms with van der Waals surface area (Å²) in [6, 6.07) is 8.33. The van der Waals surface area contributed by atoms with Crippen molar-refractivity contribution >= 4 is 11.8 Å². The summed E-state index contributed by atoms with van der Waals surface area (Å²) in [4.78, 5) is 13.6.